The lowest BCUT2D eigenvalue weighted by Gasteiger charge is -1.97. The number of nitrogens with zero attached hydrogens (tertiary/aromatic N) is 2. The molecule has 0 amide bonds. The molecule has 1 heterocycles. The van der Waals surface area contributed by atoms with Crippen LogP contribution in [0.25, 0.3) is 10.9 Å². The fourth-order valence-corrected chi connectivity index (χ4v) is 1.79. The van der Waals surface area contributed by atoms with Crippen LogP contribution in [0, 0.1) is 0 Å². The van der Waals surface area contributed by atoms with Gasteiger partial charge in [0.2, 0.25) is 6.08 Å². The van der Waals surface area contributed by atoms with E-state index in [1.165, 1.54) is 0 Å². The van der Waals surface area contributed by atoms with E-state index < -0.39 is 0 Å². The molecule has 0 fully saturated rings. The summed E-state index contributed by atoms with van der Waals surface area (Å²) in [5.74, 6) is 0.619. The van der Waals surface area contributed by atoms with Crippen LogP contribution >= 0.6 is 15.9 Å². The third-order valence-corrected chi connectivity index (χ3v) is 2.64. The number of hydrogen-bond donors (Lipinski definition) is 0. The third-order valence-electron chi connectivity index (χ3n) is 2.14. The lowest BCUT2D eigenvalue weighted by molar-refractivity contribution is 0.565. The molecule has 0 saturated carbocycles. The van der Waals surface area contributed by atoms with E-state index >= 15 is 0 Å². The Labute approximate surface area is 89.2 Å². The minimum absolute atomic E-state index is 0.619. The molecule has 0 bridgehead atoms. The normalized spacial score (nSPS) is 10.1. The number of aryl methyl sites for hydroxylation is 1. The number of halogens is 1. The minimum Gasteiger partial charge on any atom is -0.328 e. The predicted molar refractivity (Wildman–Crippen MR) is 58.4 cm³/mol. The van der Waals surface area contributed by atoms with Gasteiger partial charge in [0, 0.05) is 16.9 Å². The average molecular weight is 251 g/mol. The minimum atomic E-state index is 0.619. The lowest BCUT2D eigenvalue weighted by Crippen LogP contribution is -1.85. The third kappa shape index (κ3) is 1.39. The number of fused-ring (bicyclic) bond motifs is 1. The molecule has 2 rings (SSSR count). The molecule has 1 aromatic carbocycles. The van der Waals surface area contributed by atoms with E-state index in [0.29, 0.717) is 5.82 Å². The Hall–Kier alpha value is -1.38. The molecule has 0 aliphatic carbocycles. The van der Waals surface area contributed by atoms with Crippen molar-refractivity contribution in [1.82, 2.24) is 4.57 Å². The van der Waals surface area contributed by atoms with Gasteiger partial charge in [0.1, 0.15) is 5.82 Å². The molecule has 2 aromatic rings. The maximum Gasteiger partial charge on any atom is 0.242 e. The van der Waals surface area contributed by atoms with E-state index in [9.17, 15) is 4.79 Å². The molecule has 1 aromatic heterocycles. The van der Waals surface area contributed by atoms with Gasteiger partial charge in [-0.25, -0.2) is 4.79 Å². The van der Waals surface area contributed by atoms with Crippen molar-refractivity contribution in [2.75, 3.05) is 0 Å². The summed E-state index contributed by atoms with van der Waals surface area (Å²) >= 11 is 3.39. The molecule has 0 N–H and O–H groups in total. The number of hydrogen-bond acceptors (Lipinski definition) is 2. The molecule has 14 heavy (non-hydrogen) atoms. The molecule has 0 atom stereocenters. The van der Waals surface area contributed by atoms with Crippen molar-refractivity contribution >= 4 is 38.7 Å². The summed E-state index contributed by atoms with van der Waals surface area (Å²) in [6, 6.07) is 7.77. The van der Waals surface area contributed by atoms with Gasteiger partial charge in [0.25, 0.3) is 0 Å². The Morgan fingerprint density at radius 2 is 2.21 bits per heavy atom. The number of aromatic nitrogens is 1. The highest BCUT2D eigenvalue weighted by atomic mass is 79.9. The second kappa shape index (κ2) is 3.40. The van der Waals surface area contributed by atoms with Crippen molar-refractivity contribution in [2.24, 2.45) is 12.0 Å². The first-order valence-electron chi connectivity index (χ1n) is 4.05. The van der Waals surface area contributed by atoms with Gasteiger partial charge in [0.05, 0.1) is 5.52 Å². The molecular weight excluding hydrogens is 244 g/mol. The first-order valence-corrected chi connectivity index (χ1v) is 4.84. The van der Waals surface area contributed by atoms with Gasteiger partial charge < -0.3 is 4.57 Å². The summed E-state index contributed by atoms with van der Waals surface area (Å²) in [4.78, 5) is 13.8. The SMILES string of the molecule is Cn1c(N=C=O)cc2ccc(Br)cc21. The van der Waals surface area contributed by atoms with Crippen LogP contribution in [0.5, 0.6) is 0 Å². The maximum absolute atomic E-state index is 10.2. The van der Waals surface area contributed by atoms with E-state index in [1.807, 2.05) is 35.9 Å². The highest BCUT2D eigenvalue weighted by Gasteiger charge is 2.04. The molecule has 3 nitrogen and oxygen atoms in total. The Balaban J connectivity index is 2.80. The summed E-state index contributed by atoms with van der Waals surface area (Å²) in [5, 5.41) is 1.06. The fraction of sp³-hybridized carbons (Fsp3) is 0.100. The van der Waals surface area contributed by atoms with Gasteiger partial charge in [0.15, 0.2) is 0 Å². The second-order valence-electron chi connectivity index (χ2n) is 2.97. The zero-order valence-electron chi connectivity index (χ0n) is 7.49. The molecular formula is C10H7BrN2O. The highest BCUT2D eigenvalue weighted by Crippen LogP contribution is 2.26. The van der Waals surface area contributed by atoms with Crippen LogP contribution in [0.1, 0.15) is 0 Å². The van der Waals surface area contributed by atoms with Crippen LogP contribution in [0.2, 0.25) is 0 Å². The van der Waals surface area contributed by atoms with Gasteiger partial charge in [-0.05, 0) is 18.2 Å². The topological polar surface area (TPSA) is 34.4 Å². The molecule has 4 heteroatoms. The number of carbonyl (C=O) groups excluding carboxylic acids is 1. The number of aliphatic imine (C=N–C) groups is 1. The number of benzene rings is 1. The summed E-state index contributed by atoms with van der Waals surface area (Å²) in [7, 11) is 1.87. The van der Waals surface area contributed by atoms with Crippen molar-refractivity contribution in [2.45, 2.75) is 0 Å². The number of rotatable bonds is 1. The van der Waals surface area contributed by atoms with Crippen molar-refractivity contribution in [3.8, 4) is 0 Å². The molecule has 0 aliphatic rings. The molecule has 0 unspecified atom stereocenters. The fourth-order valence-electron chi connectivity index (χ4n) is 1.44. The molecule has 0 spiro atoms. The number of isocyanates is 1. The zero-order valence-corrected chi connectivity index (χ0v) is 9.08. The first kappa shape index (κ1) is 9.19. The maximum atomic E-state index is 10.2. The van der Waals surface area contributed by atoms with E-state index in [4.69, 9.17) is 0 Å². The molecule has 0 radical (unpaired) electrons. The van der Waals surface area contributed by atoms with E-state index in [0.717, 1.165) is 15.4 Å². The summed E-state index contributed by atoms with van der Waals surface area (Å²) < 4.78 is 2.86. The van der Waals surface area contributed by atoms with E-state index in [-0.39, 0.29) is 0 Å². The van der Waals surface area contributed by atoms with Gasteiger partial charge in [-0.2, -0.15) is 0 Å². The van der Waals surface area contributed by atoms with Gasteiger partial charge in [-0.15, -0.1) is 4.99 Å². The largest absolute Gasteiger partial charge is 0.328 e. The monoisotopic (exact) mass is 250 g/mol. The Bertz CT molecular complexity index is 538. The standard InChI is InChI=1S/C10H7BrN2O/c1-13-9-5-8(11)3-2-7(9)4-10(13)12-6-14/h2-5H,1H3. The zero-order chi connectivity index (χ0) is 10.1. The van der Waals surface area contributed by atoms with Crippen LogP contribution < -0.4 is 0 Å². The van der Waals surface area contributed by atoms with E-state index in [1.54, 1.807) is 6.08 Å². The quantitative estimate of drug-likeness (QED) is 0.566. The van der Waals surface area contributed by atoms with Crippen LogP contribution in [0.4, 0.5) is 5.82 Å². The smallest absolute Gasteiger partial charge is 0.242 e. The molecule has 70 valence electrons. The summed E-state index contributed by atoms with van der Waals surface area (Å²) in [6.45, 7) is 0. The Kier molecular flexibility index (Phi) is 2.23. The van der Waals surface area contributed by atoms with Crippen molar-refractivity contribution in [3.05, 3.63) is 28.7 Å². The van der Waals surface area contributed by atoms with Gasteiger partial charge >= 0.3 is 0 Å². The summed E-state index contributed by atoms with van der Waals surface area (Å²) in [6.07, 6.45) is 1.54. The van der Waals surface area contributed by atoms with Crippen LogP contribution in [0.15, 0.2) is 33.7 Å². The van der Waals surface area contributed by atoms with Crippen LogP contribution in [0.3, 0.4) is 0 Å². The first-order chi connectivity index (χ1) is 6.72. The lowest BCUT2D eigenvalue weighted by atomic mass is 10.2. The second-order valence-corrected chi connectivity index (χ2v) is 3.88. The van der Waals surface area contributed by atoms with E-state index in [2.05, 4.69) is 20.9 Å². The molecule has 0 saturated heterocycles. The highest BCUT2D eigenvalue weighted by molar-refractivity contribution is 9.10. The van der Waals surface area contributed by atoms with Crippen molar-refractivity contribution in [3.63, 3.8) is 0 Å². The Morgan fingerprint density at radius 3 is 2.93 bits per heavy atom. The van der Waals surface area contributed by atoms with Crippen LogP contribution in [-0.2, 0) is 11.8 Å². The average Bonchev–Trinajstić information content (AvgIpc) is 2.46. The van der Waals surface area contributed by atoms with Crippen molar-refractivity contribution < 1.29 is 4.79 Å². The summed E-state index contributed by atoms with van der Waals surface area (Å²) in [5.41, 5.74) is 1.04. The van der Waals surface area contributed by atoms with Crippen LogP contribution in [-0.4, -0.2) is 10.6 Å². The predicted octanol–water partition coefficient (Wildman–Crippen LogP) is 2.91. The van der Waals surface area contributed by atoms with Gasteiger partial charge in [-0.1, -0.05) is 22.0 Å². The van der Waals surface area contributed by atoms with Crippen molar-refractivity contribution in [1.29, 1.82) is 0 Å². The Morgan fingerprint density at radius 1 is 1.43 bits per heavy atom. The van der Waals surface area contributed by atoms with Gasteiger partial charge in [-0.3, -0.25) is 0 Å². The molecule has 0 aliphatic heterocycles.